The van der Waals surface area contributed by atoms with Crippen molar-refractivity contribution in [1.29, 1.82) is 0 Å². The monoisotopic (exact) mass is 335 g/mol. The average molecular weight is 335 g/mol. The summed E-state index contributed by atoms with van der Waals surface area (Å²) in [4.78, 5) is 4.33. The van der Waals surface area contributed by atoms with Gasteiger partial charge in [0.25, 0.3) is 0 Å². The van der Waals surface area contributed by atoms with E-state index in [0.717, 1.165) is 19.4 Å². The number of halogens is 1. The van der Waals surface area contributed by atoms with E-state index in [0.29, 0.717) is 34.4 Å². The zero-order valence-corrected chi connectivity index (χ0v) is 13.0. The Balaban J connectivity index is 1.44. The molecule has 4 rings (SSSR count). The molecule has 23 heavy (non-hydrogen) atoms. The van der Waals surface area contributed by atoms with Gasteiger partial charge in [-0.05, 0) is 35.4 Å². The highest BCUT2D eigenvalue weighted by molar-refractivity contribution is 7.98. The summed E-state index contributed by atoms with van der Waals surface area (Å²) in [5.41, 5.74) is 1.08. The lowest BCUT2D eigenvalue weighted by molar-refractivity contribution is 0.0912. The van der Waals surface area contributed by atoms with Crippen LogP contribution in [0, 0.1) is 5.82 Å². The molecule has 1 saturated heterocycles. The summed E-state index contributed by atoms with van der Waals surface area (Å²) < 4.78 is 26.1. The Kier molecular flexibility index (Phi) is 3.96. The molecule has 7 nitrogen and oxygen atoms in total. The molecule has 0 saturated carbocycles. The fourth-order valence-corrected chi connectivity index (χ4v) is 3.26. The second kappa shape index (κ2) is 6.25. The molecule has 1 atom stereocenters. The quantitative estimate of drug-likeness (QED) is 0.663. The van der Waals surface area contributed by atoms with Crippen LogP contribution >= 0.6 is 11.8 Å². The van der Waals surface area contributed by atoms with E-state index in [9.17, 15) is 4.39 Å². The Morgan fingerprint density at radius 1 is 1.39 bits per heavy atom. The Morgan fingerprint density at radius 2 is 2.35 bits per heavy atom. The predicted molar refractivity (Wildman–Crippen MR) is 80.3 cm³/mol. The molecule has 3 aromatic rings. The smallest absolute Gasteiger partial charge is 0.209 e. The lowest BCUT2D eigenvalue weighted by atomic mass is 10.2. The molecule has 0 radical (unpaired) electrons. The Bertz CT molecular complexity index is 814. The summed E-state index contributed by atoms with van der Waals surface area (Å²) >= 11 is 1.43. The fraction of sp³-hybridized carbons (Fsp3) is 0.429. The highest BCUT2D eigenvalue weighted by Gasteiger charge is 2.19. The fourth-order valence-electron chi connectivity index (χ4n) is 2.53. The van der Waals surface area contributed by atoms with Gasteiger partial charge in [-0.2, -0.15) is 0 Å². The van der Waals surface area contributed by atoms with E-state index in [-0.39, 0.29) is 11.9 Å². The summed E-state index contributed by atoms with van der Waals surface area (Å²) in [6, 6.07) is 4.30. The van der Waals surface area contributed by atoms with E-state index >= 15 is 0 Å². The van der Waals surface area contributed by atoms with Crippen LogP contribution in [0.3, 0.4) is 0 Å². The van der Waals surface area contributed by atoms with Crippen LogP contribution in [0.15, 0.2) is 27.8 Å². The second-order valence-corrected chi connectivity index (χ2v) is 6.23. The van der Waals surface area contributed by atoms with Crippen molar-refractivity contribution in [1.82, 2.24) is 25.2 Å². The summed E-state index contributed by atoms with van der Waals surface area (Å²) in [6.07, 6.45) is 2.28. The molecule has 1 unspecified atom stereocenters. The highest BCUT2D eigenvalue weighted by Crippen LogP contribution is 2.24. The van der Waals surface area contributed by atoms with Gasteiger partial charge in [-0.15, -0.1) is 5.10 Å². The van der Waals surface area contributed by atoms with Crippen molar-refractivity contribution < 1.29 is 13.5 Å². The molecule has 3 heterocycles. The maximum atomic E-state index is 13.2. The first-order valence-corrected chi connectivity index (χ1v) is 8.32. The molecule has 9 heteroatoms. The van der Waals surface area contributed by atoms with E-state index in [4.69, 9.17) is 9.15 Å². The molecule has 1 aliphatic heterocycles. The van der Waals surface area contributed by atoms with Crippen molar-refractivity contribution in [3.63, 3.8) is 0 Å². The minimum absolute atomic E-state index is 0.171. The number of hydrogen-bond donors (Lipinski definition) is 0. The number of ether oxygens (including phenoxy) is 1. The number of benzene rings is 1. The van der Waals surface area contributed by atoms with Gasteiger partial charge in [0, 0.05) is 12.7 Å². The van der Waals surface area contributed by atoms with Gasteiger partial charge in [0.2, 0.25) is 11.0 Å². The van der Waals surface area contributed by atoms with Crippen molar-refractivity contribution in [2.75, 3.05) is 6.61 Å². The molecule has 0 bridgehead atoms. The van der Waals surface area contributed by atoms with Crippen LogP contribution in [0.5, 0.6) is 0 Å². The van der Waals surface area contributed by atoms with E-state index in [1.54, 1.807) is 10.7 Å². The van der Waals surface area contributed by atoms with Crippen molar-refractivity contribution >= 4 is 22.9 Å². The standard InChI is InChI=1S/C14H14FN5O2S/c15-9-3-4-11-12(6-9)22-13(16-11)8-23-14-17-18-19-20(14)7-10-2-1-5-21-10/h3-4,6,10H,1-2,5,7-8H2. The summed E-state index contributed by atoms with van der Waals surface area (Å²) in [6.45, 7) is 1.45. The first-order chi connectivity index (χ1) is 11.3. The third kappa shape index (κ3) is 3.20. The molecule has 120 valence electrons. The Hall–Kier alpha value is -2.00. The minimum atomic E-state index is -0.339. The molecule has 1 aromatic carbocycles. The van der Waals surface area contributed by atoms with E-state index in [1.807, 2.05) is 0 Å². The van der Waals surface area contributed by atoms with E-state index in [2.05, 4.69) is 20.5 Å². The minimum Gasteiger partial charge on any atom is -0.440 e. The third-order valence-electron chi connectivity index (χ3n) is 3.62. The maximum Gasteiger partial charge on any atom is 0.209 e. The number of tetrazole rings is 1. The van der Waals surface area contributed by atoms with Gasteiger partial charge >= 0.3 is 0 Å². The average Bonchev–Trinajstić information content (AvgIpc) is 3.26. The SMILES string of the molecule is Fc1ccc2nc(CSc3nnnn3CC3CCCO3)oc2c1. The molecule has 1 fully saturated rings. The van der Waals surface area contributed by atoms with E-state index < -0.39 is 0 Å². The summed E-state index contributed by atoms with van der Waals surface area (Å²) in [5.74, 6) is 0.651. The molecule has 1 aliphatic rings. The highest BCUT2D eigenvalue weighted by atomic mass is 32.2. The van der Waals surface area contributed by atoms with Crippen LogP contribution in [-0.2, 0) is 17.0 Å². The van der Waals surface area contributed by atoms with Gasteiger partial charge < -0.3 is 9.15 Å². The third-order valence-corrected chi connectivity index (χ3v) is 4.56. The normalized spacial score (nSPS) is 18.0. The molecule has 0 amide bonds. The zero-order valence-electron chi connectivity index (χ0n) is 12.2. The predicted octanol–water partition coefficient (Wildman–Crippen LogP) is 2.42. The first-order valence-electron chi connectivity index (χ1n) is 7.33. The summed E-state index contributed by atoms with van der Waals surface area (Å²) in [5, 5.41) is 12.4. The number of oxazole rings is 1. The van der Waals surface area contributed by atoms with Gasteiger partial charge in [-0.25, -0.2) is 14.1 Å². The number of aromatic nitrogens is 5. The van der Waals surface area contributed by atoms with Crippen LogP contribution in [0.25, 0.3) is 11.1 Å². The molecule has 0 aliphatic carbocycles. The largest absolute Gasteiger partial charge is 0.440 e. The molecular weight excluding hydrogens is 321 g/mol. The number of thioether (sulfide) groups is 1. The number of hydrogen-bond acceptors (Lipinski definition) is 7. The Morgan fingerprint density at radius 3 is 3.22 bits per heavy atom. The second-order valence-electron chi connectivity index (χ2n) is 5.29. The van der Waals surface area contributed by atoms with Crippen LogP contribution in [0.2, 0.25) is 0 Å². The van der Waals surface area contributed by atoms with Gasteiger partial charge in [0.1, 0.15) is 11.3 Å². The van der Waals surface area contributed by atoms with Crippen molar-refractivity contribution in [2.45, 2.75) is 36.4 Å². The van der Waals surface area contributed by atoms with Crippen molar-refractivity contribution in [3.8, 4) is 0 Å². The van der Waals surface area contributed by atoms with Crippen molar-refractivity contribution in [3.05, 3.63) is 29.9 Å². The van der Waals surface area contributed by atoms with Crippen LogP contribution in [0.4, 0.5) is 4.39 Å². The van der Waals surface area contributed by atoms with Gasteiger partial charge in [0.15, 0.2) is 5.58 Å². The maximum absolute atomic E-state index is 13.2. The lowest BCUT2D eigenvalue weighted by Crippen LogP contribution is -2.16. The molecule has 0 N–H and O–H groups in total. The molecular formula is C14H14FN5O2S. The number of nitrogens with zero attached hydrogens (tertiary/aromatic N) is 5. The summed E-state index contributed by atoms with van der Waals surface area (Å²) in [7, 11) is 0. The number of fused-ring (bicyclic) bond motifs is 1. The Labute approximate surface area is 135 Å². The first kappa shape index (κ1) is 14.6. The zero-order chi connectivity index (χ0) is 15.6. The molecule has 0 spiro atoms. The van der Waals surface area contributed by atoms with Crippen LogP contribution < -0.4 is 0 Å². The lowest BCUT2D eigenvalue weighted by Gasteiger charge is -2.09. The van der Waals surface area contributed by atoms with E-state index in [1.165, 1.54) is 23.9 Å². The van der Waals surface area contributed by atoms with Gasteiger partial charge in [-0.3, -0.25) is 0 Å². The van der Waals surface area contributed by atoms with Crippen LogP contribution in [-0.4, -0.2) is 37.9 Å². The van der Waals surface area contributed by atoms with Crippen LogP contribution in [0.1, 0.15) is 18.7 Å². The molecule has 2 aromatic heterocycles. The number of rotatable bonds is 5. The topological polar surface area (TPSA) is 78.9 Å². The van der Waals surface area contributed by atoms with Crippen molar-refractivity contribution in [2.24, 2.45) is 0 Å². The van der Waals surface area contributed by atoms with Gasteiger partial charge in [0.05, 0.1) is 18.4 Å². The van der Waals surface area contributed by atoms with Gasteiger partial charge in [-0.1, -0.05) is 11.8 Å².